The molecule has 0 unspecified atom stereocenters. The average molecular weight is 388 g/mol. The van der Waals surface area contributed by atoms with Crippen molar-refractivity contribution in [2.45, 2.75) is 23.8 Å². The van der Waals surface area contributed by atoms with Crippen LogP contribution >= 0.6 is 11.3 Å². The van der Waals surface area contributed by atoms with Crippen LogP contribution < -0.4 is 5.32 Å². The summed E-state index contributed by atoms with van der Waals surface area (Å²) < 4.78 is 27.8. The number of hydrogen-bond acceptors (Lipinski definition) is 6. The molecule has 1 saturated carbocycles. The number of rotatable bonds is 6. The molecule has 4 rings (SSSR count). The van der Waals surface area contributed by atoms with Gasteiger partial charge in [-0.05, 0) is 25.0 Å². The molecule has 1 amide bonds. The number of carbonyl (C=O) groups excluding carboxylic acids is 1. The largest absolute Gasteiger partial charge is 0.301 e. The molecule has 0 saturated heterocycles. The maximum absolute atomic E-state index is 13.3. The number of para-hydroxylation sites is 1. The van der Waals surface area contributed by atoms with Crippen LogP contribution in [0.15, 0.2) is 53.0 Å². The number of carbonyl (C=O) groups is 1. The minimum atomic E-state index is -3.85. The monoisotopic (exact) mass is 388 g/mol. The van der Waals surface area contributed by atoms with E-state index in [0.29, 0.717) is 10.6 Å². The summed E-state index contributed by atoms with van der Waals surface area (Å²) in [4.78, 5) is 20.7. The van der Waals surface area contributed by atoms with Crippen molar-refractivity contribution in [2.24, 2.45) is 0 Å². The van der Waals surface area contributed by atoms with Crippen LogP contribution in [0.1, 0.15) is 12.8 Å². The highest BCUT2D eigenvalue weighted by Gasteiger charge is 2.40. The van der Waals surface area contributed by atoms with Crippen LogP contribution in [0.4, 0.5) is 5.13 Å². The zero-order valence-electron chi connectivity index (χ0n) is 13.7. The standard InChI is InChI=1S/C17H16N4O3S2/c22-15(20-17-19-9-10-25-17)11-21(13-6-7-13)26(23,24)14-5-1-3-12-4-2-8-18-16(12)14/h1-5,8-10,13H,6-7,11H2,(H,19,20,22). The first-order valence-corrected chi connectivity index (χ1v) is 10.4. The van der Waals surface area contributed by atoms with Crippen LogP contribution in [0.5, 0.6) is 0 Å². The molecule has 0 bridgehead atoms. The number of hydrogen-bond donors (Lipinski definition) is 1. The number of aromatic nitrogens is 2. The molecule has 0 aliphatic heterocycles. The number of benzene rings is 1. The summed E-state index contributed by atoms with van der Waals surface area (Å²) in [6, 6.07) is 8.48. The average Bonchev–Trinajstić information content (AvgIpc) is 3.35. The van der Waals surface area contributed by atoms with E-state index in [9.17, 15) is 13.2 Å². The van der Waals surface area contributed by atoms with Gasteiger partial charge in [-0.1, -0.05) is 18.2 Å². The highest BCUT2D eigenvalue weighted by molar-refractivity contribution is 7.89. The molecule has 1 N–H and O–H groups in total. The molecule has 2 heterocycles. The number of thiazole rings is 1. The third-order valence-electron chi connectivity index (χ3n) is 4.11. The Morgan fingerprint density at radius 2 is 2.00 bits per heavy atom. The number of nitrogens with one attached hydrogen (secondary N) is 1. The van der Waals surface area contributed by atoms with E-state index in [-0.39, 0.29) is 17.5 Å². The number of nitrogens with zero attached hydrogens (tertiary/aromatic N) is 3. The van der Waals surface area contributed by atoms with E-state index in [4.69, 9.17) is 0 Å². The first kappa shape index (κ1) is 17.1. The van der Waals surface area contributed by atoms with E-state index in [2.05, 4.69) is 15.3 Å². The topological polar surface area (TPSA) is 92.3 Å². The van der Waals surface area contributed by atoms with Crippen molar-refractivity contribution >= 4 is 43.3 Å². The third kappa shape index (κ3) is 3.33. The van der Waals surface area contributed by atoms with Gasteiger partial charge in [0.2, 0.25) is 15.9 Å². The fourth-order valence-corrected chi connectivity index (χ4v) is 5.12. The van der Waals surface area contributed by atoms with Gasteiger partial charge in [-0.25, -0.2) is 13.4 Å². The molecule has 0 radical (unpaired) electrons. The fourth-order valence-electron chi connectivity index (χ4n) is 2.77. The van der Waals surface area contributed by atoms with Crippen LogP contribution in [0, 0.1) is 0 Å². The second-order valence-corrected chi connectivity index (χ2v) is 8.75. The zero-order valence-corrected chi connectivity index (χ0v) is 15.3. The van der Waals surface area contributed by atoms with Gasteiger partial charge < -0.3 is 5.32 Å². The number of amides is 1. The molecule has 0 atom stereocenters. The normalized spacial score (nSPS) is 14.7. The second kappa shape index (κ2) is 6.75. The Balaban J connectivity index is 1.66. The second-order valence-electron chi connectivity index (χ2n) is 6.00. The van der Waals surface area contributed by atoms with Crippen molar-refractivity contribution in [3.8, 4) is 0 Å². The maximum atomic E-state index is 13.3. The summed E-state index contributed by atoms with van der Waals surface area (Å²) in [6.45, 7) is -0.240. The van der Waals surface area contributed by atoms with Gasteiger partial charge in [-0.2, -0.15) is 4.31 Å². The van der Waals surface area contributed by atoms with Crippen LogP contribution in [0.3, 0.4) is 0 Å². The summed E-state index contributed by atoms with van der Waals surface area (Å²) in [6.07, 6.45) is 4.65. The van der Waals surface area contributed by atoms with Gasteiger partial charge in [0.1, 0.15) is 4.90 Å². The lowest BCUT2D eigenvalue weighted by atomic mass is 10.2. The molecule has 0 spiro atoms. The van der Waals surface area contributed by atoms with Crippen LogP contribution in [0.25, 0.3) is 10.9 Å². The molecule has 1 aliphatic carbocycles. The van der Waals surface area contributed by atoms with E-state index >= 15 is 0 Å². The summed E-state index contributed by atoms with van der Waals surface area (Å²) in [5.74, 6) is -0.399. The smallest absolute Gasteiger partial charge is 0.245 e. The Kier molecular flexibility index (Phi) is 4.43. The lowest BCUT2D eigenvalue weighted by Crippen LogP contribution is -2.39. The van der Waals surface area contributed by atoms with Crippen molar-refractivity contribution in [1.82, 2.24) is 14.3 Å². The van der Waals surface area contributed by atoms with Crippen molar-refractivity contribution in [1.29, 1.82) is 0 Å². The molecule has 1 fully saturated rings. The quantitative estimate of drug-likeness (QED) is 0.700. The third-order valence-corrected chi connectivity index (χ3v) is 6.73. The van der Waals surface area contributed by atoms with Gasteiger partial charge in [-0.3, -0.25) is 9.78 Å². The highest BCUT2D eigenvalue weighted by Crippen LogP contribution is 2.33. The molecule has 3 aromatic rings. The fraction of sp³-hybridized carbons (Fsp3) is 0.235. The molecule has 134 valence electrons. The first-order valence-electron chi connectivity index (χ1n) is 8.10. The van der Waals surface area contributed by atoms with E-state index < -0.39 is 15.9 Å². The van der Waals surface area contributed by atoms with Crippen LogP contribution in [0.2, 0.25) is 0 Å². The number of sulfonamides is 1. The van der Waals surface area contributed by atoms with Gasteiger partial charge >= 0.3 is 0 Å². The van der Waals surface area contributed by atoms with Crippen LogP contribution in [-0.2, 0) is 14.8 Å². The van der Waals surface area contributed by atoms with Gasteiger partial charge in [0.05, 0.1) is 12.1 Å². The molecule has 26 heavy (non-hydrogen) atoms. The molecular weight excluding hydrogens is 372 g/mol. The Morgan fingerprint density at radius 3 is 2.73 bits per heavy atom. The van der Waals surface area contributed by atoms with Gasteiger partial charge in [0.15, 0.2) is 5.13 Å². The van der Waals surface area contributed by atoms with Crippen LogP contribution in [-0.4, -0.2) is 41.2 Å². The van der Waals surface area contributed by atoms with E-state index in [1.54, 1.807) is 36.0 Å². The van der Waals surface area contributed by atoms with Gasteiger partial charge in [0.25, 0.3) is 0 Å². The summed E-state index contributed by atoms with van der Waals surface area (Å²) in [5.41, 5.74) is 0.418. The molecule has 1 aliphatic rings. The summed E-state index contributed by atoms with van der Waals surface area (Å²) >= 11 is 1.29. The molecule has 1 aromatic carbocycles. The lowest BCUT2D eigenvalue weighted by molar-refractivity contribution is -0.116. The molecule has 2 aromatic heterocycles. The van der Waals surface area contributed by atoms with E-state index in [1.165, 1.54) is 15.6 Å². The minimum absolute atomic E-state index is 0.129. The van der Waals surface area contributed by atoms with Crippen molar-refractivity contribution in [3.63, 3.8) is 0 Å². The lowest BCUT2D eigenvalue weighted by Gasteiger charge is -2.21. The Morgan fingerprint density at radius 1 is 1.19 bits per heavy atom. The zero-order chi connectivity index (χ0) is 18.1. The van der Waals surface area contributed by atoms with Gasteiger partial charge in [0, 0.05) is 29.2 Å². The molecule has 9 heteroatoms. The first-order chi connectivity index (χ1) is 12.6. The molecule has 7 nitrogen and oxygen atoms in total. The summed E-state index contributed by atoms with van der Waals surface area (Å²) in [5, 5.41) is 5.59. The SMILES string of the molecule is O=C(CN(C1CC1)S(=O)(=O)c1cccc2cccnc12)Nc1nccs1. The molecular formula is C17H16N4O3S2. The Labute approximate surface area is 154 Å². The predicted molar refractivity (Wildman–Crippen MR) is 99.4 cm³/mol. The Hall–Kier alpha value is -2.36. The van der Waals surface area contributed by atoms with Crippen molar-refractivity contribution < 1.29 is 13.2 Å². The van der Waals surface area contributed by atoms with Crippen molar-refractivity contribution in [2.75, 3.05) is 11.9 Å². The van der Waals surface area contributed by atoms with Gasteiger partial charge in [-0.15, -0.1) is 11.3 Å². The van der Waals surface area contributed by atoms with E-state index in [0.717, 1.165) is 18.2 Å². The summed E-state index contributed by atoms with van der Waals surface area (Å²) in [7, 11) is -3.85. The maximum Gasteiger partial charge on any atom is 0.245 e. The minimum Gasteiger partial charge on any atom is -0.301 e. The number of anilines is 1. The predicted octanol–water partition coefficient (Wildman–Crippen LogP) is 2.48. The highest BCUT2D eigenvalue weighted by atomic mass is 32.2. The van der Waals surface area contributed by atoms with Crippen molar-refractivity contribution in [3.05, 3.63) is 48.1 Å². The Bertz CT molecular complexity index is 1040. The number of pyridine rings is 1. The van der Waals surface area contributed by atoms with E-state index in [1.807, 2.05) is 12.1 Å². The number of fused-ring (bicyclic) bond motifs is 1.